The number of rotatable bonds is 1. The van der Waals surface area contributed by atoms with E-state index in [1.807, 2.05) is 22.6 Å². The summed E-state index contributed by atoms with van der Waals surface area (Å²) in [6, 6.07) is 1.50. The molecule has 1 rings (SSSR count). The number of pyridine rings is 1. The predicted molar refractivity (Wildman–Crippen MR) is 56.4 cm³/mol. The lowest BCUT2D eigenvalue weighted by molar-refractivity contribution is -0.275. The van der Waals surface area contributed by atoms with Crippen molar-refractivity contribution in [2.24, 2.45) is 0 Å². The molecule has 0 bridgehead atoms. The van der Waals surface area contributed by atoms with Crippen LogP contribution in [0.2, 0.25) is 0 Å². The molecule has 2 nitrogen and oxygen atoms in total. The van der Waals surface area contributed by atoms with Crippen molar-refractivity contribution in [3.8, 4) is 5.75 Å². The molecule has 13 heavy (non-hydrogen) atoms. The minimum atomic E-state index is -4.66. The summed E-state index contributed by atoms with van der Waals surface area (Å²) in [5, 5.41) is 0. The second kappa shape index (κ2) is 4.15. The molecule has 1 aromatic rings. The SMILES string of the molecule is FC(F)(F)Oc1cnc(I)cc1I. The minimum Gasteiger partial charge on any atom is -0.403 e. The van der Waals surface area contributed by atoms with E-state index in [0.717, 1.165) is 6.20 Å². The molecule has 1 heterocycles. The Balaban J connectivity index is 2.90. The Morgan fingerprint density at radius 2 is 1.92 bits per heavy atom. The lowest BCUT2D eigenvalue weighted by atomic mass is 10.5. The van der Waals surface area contributed by atoms with Gasteiger partial charge in [0, 0.05) is 0 Å². The molecular weight excluding hydrogens is 413 g/mol. The van der Waals surface area contributed by atoms with Crippen LogP contribution in [0.15, 0.2) is 12.3 Å². The highest BCUT2D eigenvalue weighted by Crippen LogP contribution is 2.27. The highest BCUT2D eigenvalue weighted by atomic mass is 127. The second-order valence-corrected chi connectivity index (χ2v) is 4.25. The summed E-state index contributed by atoms with van der Waals surface area (Å²) in [7, 11) is 0. The topological polar surface area (TPSA) is 22.1 Å². The fourth-order valence-corrected chi connectivity index (χ4v) is 2.19. The quantitative estimate of drug-likeness (QED) is 0.520. The Bertz CT molecular complexity index is 315. The molecule has 0 amide bonds. The lowest BCUT2D eigenvalue weighted by Gasteiger charge is -2.09. The van der Waals surface area contributed by atoms with Gasteiger partial charge in [-0.15, -0.1) is 13.2 Å². The van der Waals surface area contributed by atoms with Crippen LogP contribution in [0.1, 0.15) is 0 Å². The van der Waals surface area contributed by atoms with Gasteiger partial charge in [0.2, 0.25) is 0 Å². The van der Waals surface area contributed by atoms with E-state index in [4.69, 9.17) is 0 Å². The van der Waals surface area contributed by atoms with E-state index in [1.54, 1.807) is 22.6 Å². The van der Waals surface area contributed by atoms with Crippen molar-refractivity contribution in [3.63, 3.8) is 0 Å². The summed E-state index contributed by atoms with van der Waals surface area (Å²) in [5.74, 6) is -0.270. The lowest BCUT2D eigenvalue weighted by Crippen LogP contribution is -2.18. The van der Waals surface area contributed by atoms with Gasteiger partial charge in [-0.1, -0.05) is 0 Å². The van der Waals surface area contributed by atoms with Gasteiger partial charge in [0.25, 0.3) is 0 Å². The van der Waals surface area contributed by atoms with E-state index in [9.17, 15) is 13.2 Å². The van der Waals surface area contributed by atoms with Crippen molar-refractivity contribution in [2.45, 2.75) is 6.36 Å². The van der Waals surface area contributed by atoms with Gasteiger partial charge in [0.15, 0.2) is 5.75 Å². The van der Waals surface area contributed by atoms with Gasteiger partial charge in [0.05, 0.1) is 9.77 Å². The van der Waals surface area contributed by atoms with Crippen LogP contribution in [0.4, 0.5) is 13.2 Å². The van der Waals surface area contributed by atoms with E-state index in [-0.39, 0.29) is 5.75 Å². The molecule has 0 aliphatic rings. The number of halogens is 5. The molecule has 7 heteroatoms. The molecule has 0 saturated heterocycles. The molecule has 0 aliphatic heterocycles. The smallest absolute Gasteiger partial charge is 0.403 e. The van der Waals surface area contributed by atoms with Crippen molar-refractivity contribution in [1.29, 1.82) is 0 Å². The molecule has 72 valence electrons. The summed E-state index contributed by atoms with van der Waals surface area (Å²) in [4.78, 5) is 3.68. The van der Waals surface area contributed by atoms with E-state index in [1.165, 1.54) is 6.07 Å². The zero-order valence-corrected chi connectivity index (χ0v) is 10.2. The molecule has 0 aliphatic carbocycles. The van der Waals surface area contributed by atoms with Crippen molar-refractivity contribution >= 4 is 45.2 Å². The minimum absolute atomic E-state index is 0.270. The van der Waals surface area contributed by atoms with Crippen molar-refractivity contribution in [1.82, 2.24) is 4.98 Å². The molecule has 0 unspecified atom stereocenters. The molecule has 0 atom stereocenters. The highest BCUT2D eigenvalue weighted by molar-refractivity contribution is 14.1. The molecular formula is C6H2F3I2NO. The van der Waals surface area contributed by atoms with E-state index < -0.39 is 6.36 Å². The van der Waals surface area contributed by atoms with Gasteiger partial charge >= 0.3 is 6.36 Å². The predicted octanol–water partition coefficient (Wildman–Crippen LogP) is 3.19. The molecule has 0 N–H and O–H groups in total. The van der Waals surface area contributed by atoms with Crippen molar-refractivity contribution < 1.29 is 17.9 Å². The zero-order valence-electron chi connectivity index (χ0n) is 5.90. The maximum atomic E-state index is 11.8. The van der Waals surface area contributed by atoms with Crippen molar-refractivity contribution in [3.05, 3.63) is 19.5 Å². The monoisotopic (exact) mass is 415 g/mol. The normalized spacial score (nSPS) is 11.5. The summed E-state index contributed by atoms with van der Waals surface area (Å²) in [6.45, 7) is 0. The Labute approximate surface area is 99.1 Å². The molecule has 0 aromatic carbocycles. The average molecular weight is 415 g/mol. The first-order chi connectivity index (χ1) is 5.88. The Morgan fingerprint density at radius 1 is 1.31 bits per heavy atom. The van der Waals surface area contributed by atoms with E-state index in [2.05, 4.69) is 9.72 Å². The van der Waals surface area contributed by atoms with E-state index >= 15 is 0 Å². The number of ether oxygens (including phenoxy) is 1. The van der Waals surface area contributed by atoms with Crippen molar-refractivity contribution in [2.75, 3.05) is 0 Å². The molecule has 0 saturated carbocycles. The number of alkyl halides is 3. The summed E-state index contributed by atoms with van der Waals surface area (Å²) in [5.41, 5.74) is 0. The van der Waals surface area contributed by atoms with Crippen LogP contribution in [-0.4, -0.2) is 11.3 Å². The largest absolute Gasteiger partial charge is 0.573 e. The Morgan fingerprint density at radius 3 is 2.38 bits per heavy atom. The summed E-state index contributed by atoms with van der Waals surface area (Å²) in [6.07, 6.45) is -3.61. The molecule has 0 radical (unpaired) electrons. The van der Waals surface area contributed by atoms with Crippen LogP contribution in [0.25, 0.3) is 0 Å². The van der Waals surface area contributed by atoms with Gasteiger partial charge in [0.1, 0.15) is 3.70 Å². The third-order valence-electron chi connectivity index (χ3n) is 1.01. The number of aromatic nitrogens is 1. The van der Waals surface area contributed by atoms with Gasteiger partial charge < -0.3 is 4.74 Å². The van der Waals surface area contributed by atoms with Crippen LogP contribution < -0.4 is 4.74 Å². The Hall–Kier alpha value is 0.200. The van der Waals surface area contributed by atoms with Gasteiger partial charge in [-0.3, -0.25) is 0 Å². The van der Waals surface area contributed by atoms with Crippen LogP contribution in [0, 0.1) is 7.27 Å². The van der Waals surface area contributed by atoms with E-state index in [0.29, 0.717) is 7.27 Å². The van der Waals surface area contributed by atoms with Gasteiger partial charge in [-0.2, -0.15) is 0 Å². The zero-order chi connectivity index (χ0) is 10.1. The van der Waals surface area contributed by atoms with Crippen LogP contribution in [0.3, 0.4) is 0 Å². The average Bonchev–Trinajstić information content (AvgIpc) is 1.93. The molecule has 1 aromatic heterocycles. The van der Waals surface area contributed by atoms with Crippen LogP contribution in [0.5, 0.6) is 5.75 Å². The third kappa shape index (κ3) is 3.83. The summed E-state index contributed by atoms with van der Waals surface area (Å²) < 4.78 is 40.0. The van der Waals surface area contributed by atoms with Gasteiger partial charge in [-0.25, -0.2) is 4.98 Å². The second-order valence-electron chi connectivity index (χ2n) is 1.99. The first-order valence-corrected chi connectivity index (χ1v) is 5.11. The number of nitrogens with zero attached hydrogens (tertiary/aromatic N) is 1. The third-order valence-corrected chi connectivity index (χ3v) is 2.44. The number of hydrogen-bond acceptors (Lipinski definition) is 2. The Kier molecular flexibility index (Phi) is 3.60. The standard InChI is InChI=1S/C6H2F3I2NO/c7-6(8,9)13-4-2-12-5(11)1-3(4)10/h1-2H. The maximum absolute atomic E-state index is 11.8. The summed E-state index contributed by atoms with van der Waals surface area (Å²) >= 11 is 3.66. The van der Waals surface area contributed by atoms with Gasteiger partial charge in [-0.05, 0) is 51.2 Å². The fraction of sp³-hybridized carbons (Fsp3) is 0.167. The molecule has 0 spiro atoms. The molecule has 0 fully saturated rings. The number of hydrogen-bond donors (Lipinski definition) is 0. The van der Waals surface area contributed by atoms with Crippen LogP contribution >= 0.6 is 45.2 Å². The first kappa shape index (κ1) is 11.3. The first-order valence-electron chi connectivity index (χ1n) is 2.95. The van der Waals surface area contributed by atoms with Crippen LogP contribution in [-0.2, 0) is 0 Å². The maximum Gasteiger partial charge on any atom is 0.573 e. The highest BCUT2D eigenvalue weighted by Gasteiger charge is 2.32. The fourth-order valence-electron chi connectivity index (χ4n) is 0.595.